The molecule has 1 aliphatic heterocycles. The lowest BCUT2D eigenvalue weighted by Gasteiger charge is -2.47. The second kappa shape index (κ2) is 6.55. The van der Waals surface area contributed by atoms with E-state index < -0.39 is 5.60 Å². The largest absolute Gasteiger partial charge is 0.444 e. The van der Waals surface area contributed by atoms with Gasteiger partial charge in [0.05, 0.1) is 5.54 Å². The highest BCUT2D eigenvalue weighted by molar-refractivity contribution is 5.70. The first-order chi connectivity index (χ1) is 10.4. The number of hydrogen-bond donors (Lipinski definition) is 0. The maximum Gasteiger partial charge on any atom is 0.411 e. The highest BCUT2D eigenvalue weighted by atomic mass is 16.6. The van der Waals surface area contributed by atoms with E-state index in [0.29, 0.717) is 0 Å². The van der Waals surface area contributed by atoms with Crippen LogP contribution < -0.4 is 0 Å². The topological polar surface area (TPSA) is 29.5 Å². The van der Waals surface area contributed by atoms with Crippen LogP contribution in [0.15, 0.2) is 43.0 Å². The summed E-state index contributed by atoms with van der Waals surface area (Å²) in [5.74, 6) is 0. The maximum atomic E-state index is 12.7. The highest BCUT2D eigenvalue weighted by Gasteiger charge is 2.43. The summed E-state index contributed by atoms with van der Waals surface area (Å²) in [6.45, 7) is 10.4. The Balaban J connectivity index is 2.39. The van der Waals surface area contributed by atoms with Crippen molar-refractivity contribution in [2.24, 2.45) is 0 Å². The van der Waals surface area contributed by atoms with Crippen LogP contribution in [0.25, 0.3) is 0 Å². The molecule has 3 nitrogen and oxygen atoms in total. The first kappa shape index (κ1) is 16.6. The van der Waals surface area contributed by atoms with E-state index in [-0.39, 0.29) is 11.6 Å². The molecule has 1 amide bonds. The van der Waals surface area contributed by atoms with Crippen molar-refractivity contribution in [1.82, 2.24) is 4.90 Å². The van der Waals surface area contributed by atoms with Gasteiger partial charge >= 0.3 is 6.09 Å². The molecule has 1 fully saturated rings. The fraction of sp³-hybridized carbons (Fsp3) is 0.526. The van der Waals surface area contributed by atoms with Crippen LogP contribution in [0.4, 0.5) is 4.79 Å². The molecule has 1 aromatic rings. The SMILES string of the molecule is C=CCC1(c2ccccc2)CCCCN1C(=O)OC(C)(C)C. The Labute approximate surface area is 134 Å². The van der Waals surface area contributed by atoms with E-state index in [4.69, 9.17) is 4.74 Å². The molecule has 3 heteroatoms. The zero-order valence-electron chi connectivity index (χ0n) is 14.0. The summed E-state index contributed by atoms with van der Waals surface area (Å²) in [6, 6.07) is 10.3. The first-order valence-corrected chi connectivity index (χ1v) is 8.06. The lowest BCUT2D eigenvalue weighted by Crippen LogP contribution is -2.53. The van der Waals surface area contributed by atoms with Crippen molar-refractivity contribution in [3.8, 4) is 0 Å². The number of rotatable bonds is 3. The van der Waals surface area contributed by atoms with E-state index in [1.54, 1.807) is 0 Å². The lowest BCUT2D eigenvalue weighted by atomic mass is 9.78. The van der Waals surface area contributed by atoms with Gasteiger partial charge in [-0.1, -0.05) is 36.4 Å². The summed E-state index contributed by atoms with van der Waals surface area (Å²) in [5, 5.41) is 0. The van der Waals surface area contributed by atoms with Crippen molar-refractivity contribution in [3.05, 3.63) is 48.6 Å². The number of nitrogens with zero attached hydrogens (tertiary/aromatic N) is 1. The van der Waals surface area contributed by atoms with Gasteiger partial charge in [-0.3, -0.25) is 4.90 Å². The molecule has 0 aromatic heterocycles. The molecule has 0 saturated carbocycles. The van der Waals surface area contributed by atoms with E-state index in [9.17, 15) is 4.79 Å². The molecule has 120 valence electrons. The lowest BCUT2D eigenvalue weighted by molar-refractivity contribution is -0.0171. The van der Waals surface area contributed by atoms with E-state index in [0.717, 1.165) is 32.2 Å². The molecule has 0 aliphatic carbocycles. The molecule has 1 heterocycles. The average Bonchev–Trinajstić information content (AvgIpc) is 2.47. The Kier molecular flexibility index (Phi) is 4.94. The van der Waals surface area contributed by atoms with Crippen LogP contribution in [-0.2, 0) is 10.3 Å². The fourth-order valence-electron chi connectivity index (χ4n) is 3.24. The number of hydrogen-bond acceptors (Lipinski definition) is 2. The molecule has 1 aliphatic rings. The number of carbonyl (C=O) groups excluding carboxylic acids is 1. The molecule has 1 saturated heterocycles. The van der Waals surface area contributed by atoms with Crippen LogP contribution in [0, 0.1) is 0 Å². The minimum atomic E-state index is -0.481. The Morgan fingerprint density at radius 2 is 2.00 bits per heavy atom. The minimum Gasteiger partial charge on any atom is -0.444 e. The second-order valence-electron chi connectivity index (χ2n) is 6.98. The van der Waals surface area contributed by atoms with E-state index in [1.165, 1.54) is 5.56 Å². The van der Waals surface area contributed by atoms with Crippen molar-refractivity contribution >= 4 is 6.09 Å². The maximum absolute atomic E-state index is 12.7. The Morgan fingerprint density at radius 3 is 2.59 bits per heavy atom. The van der Waals surface area contributed by atoms with Gasteiger partial charge in [0.15, 0.2) is 0 Å². The molecule has 1 atom stereocenters. The van der Waals surface area contributed by atoms with Crippen LogP contribution >= 0.6 is 0 Å². The van der Waals surface area contributed by atoms with Crippen molar-refractivity contribution in [1.29, 1.82) is 0 Å². The highest BCUT2D eigenvalue weighted by Crippen LogP contribution is 2.41. The van der Waals surface area contributed by atoms with E-state index in [1.807, 2.05) is 49.9 Å². The summed E-state index contributed by atoms with van der Waals surface area (Å²) in [5.41, 5.74) is 0.356. The molecule has 0 spiro atoms. The normalized spacial score (nSPS) is 22.2. The number of amides is 1. The van der Waals surface area contributed by atoms with Gasteiger partial charge in [0.25, 0.3) is 0 Å². The summed E-state index contributed by atoms with van der Waals surface area (Å²) >= 11 is 0. The van der Waals surface area contributed by atoms with Gasteiger partial charge in [0.1, 0.15) is 5.60 Å². The molecule has 0 radical (unpaired) electrons. The molecule has 0 N–H and O–H groups in total. The quantitative estimate of drug-likeness (QED) is 0.745. The van der Waals surface area contributed by atoms with Crippen LogP contribution in [0.3, 0.4) is 0 Å². The number of carbonyl (C=O) groups is 1. The van der Waals surface area contributed by atoms with Gasteiger partial charge in [-0.05, 0) is 52.0 Å². The standard InChI is InChI=1S/C19H27NO2/c1-5-13-19(16-11-7-6-8-12-16)14-9-10-15-20(19)17(21)22-18(2,3)4/h5-8,11-12H,1,9-10,13-15H2,2-4H3. The van der Waals surface area contributed by atoms with Crippen LogP contribution in [-0.4, -0.2) is 23.1 Å². The zero-order chi connectivity index (χ0) is 16.2. The molecule has 1 aromatic carbocycles. The smallest absolute Gasteiger partial charge is 0.411 e. The molecule has 2 rings (SSSR count). The average molecular weight is 301 g/mol. The fourth-order valence-corrected chi connectivity index (χ4v) is 3.24. The second-order valence-corrected chi connectivity index (χ2v) is 6.98. The number of benzene rings is 1. The third-order valence-electron chi connectivity index (χ3n) is 4.15. The van der Waals surface area contributed by atoms with Crippen molar-refractivity contribution < 1.29 is 9.53 Å². The summed E-state index contributed by atoms with van der Waals surface area (Å²) in [6.07, 6.45) is 5.51. The molecule has 1 unspecified atom stereocenters. The van der Waals surface area contributed by atoms with Gasteiger partial charge in [-0.15, -0.1) is 6.58 Å². The molecular formula is C19H27NO2. The van der Waals surface area contributed by atoms with Crippen molar-refractivity contribution in [3.63, 3.8) is 0 Å². The minimum absolute atomic E-state index is 0.224. The Bertz CT molecular complexity index is 518. The van der Waals surface area contributed by atoms with Crippen LogP contribution in [0.1, 0.15) is 52.0 Å². The monoisotopic (exact) mass is 301 g/mol. The van der Waals surface area contributed by atoms with E-state index >= 15 is 0 Å². The van der Waals surface area contributed by atoms with Gasteiger partial charge in [-0.2, -0.15) is 0 Å². The van der Waals surface area contributed by atoms with Crippen LogP contribution in [0.2, 0.25) is 0 Å². The summed E-state index contributed by atoms with van der Waals surface area (Å²) in [7, 11) is 0. The third kappa shape index (κ3) is 3.52. The predicted octanol–water partition coefficient (Wildman–Crippen LogP) is 4.88. The Hall–Kier alpha value is -1.77. The van der Waals surface area contributed by atoms with Crippen LogP contribution in [0.5, 0.6) is 0 Å². The van der Waals surface area contributed by atoms with Crippen molar-refractivity contribution in [2.45, 2.75) is 57.6 Å². The predicted molar refractivity (Wildman–Crippen MR) is 89.7 cm³/mol. The van der Waals surface area contributed by atoms with Crippen molar-refractivity contribution in [2.75, 3.05) is 6.54 Å². The van der Waals surface area contributed by atoms with E-state index in [2.05, 4.69) is 18.7 Å². The Morgan fingerprint density at radius 1 is 1.32 bits per heavy atom. The summed E-state index contributed by atoms with van der Waals surface area (Å²) in [4.78, 5) is 14.7. The number of likely N-dealkylation sites (tertiary alicyclic amines) is 1. The van der Waals surface area contributed by atoms with Gasteiger partial charge < -0.3 is 4.74 Å². The molecule has 22 heavy (non-hydrogen) atoms. The molecule has 0 bridgehead atoms. The zero-order valence-corrected chi connectivity index (χ0v) is 14.0. The van der Waals surface area contributed by atoms with Gasteiger partial charge in [0.2, 0.25) is 0 Å². The molecular weight excluding hydrogens is 274 g/mol. The number of ether oxygens (including phenoxy) is 1. The third-order valence-corrected chi connectivity index (χ3v) is 4.15. The van der Waals surface area contributed by atoms with Gasteiger partial charge in [0, 0.05) is 6.54 Å². The van der Waals surface area contributed by atoms with Gasteiger partial charge in [-0.25, -0.2) is 4.79 Å². The first-order valence-electron chi connectivity index (χ1n) is 8.06. The summed E-state index contributed by atoms with van der Waals surface area (Å²) < 4.78 is 5.65. The number of piperidine rings is 1.